The van der Waals surface area contributed by atoms with E-state index < -0.39 is 24.3 Å². The summed E-state index contributed by atoms with van der Waals surface area (Å²) in [5.41, 5.74) is 1.23. The minimum absolute atomic E-state index is 0.271. The molecule has 0 amide bonds. The van der Waals surface area contributed by atoms with Gasteiger partial charge in [-0.3, -0.25) is 0 Å². The maximum absolute atomic E-state index is 11.4. The number of ether oxygens (including phenoxy) is 1. The van der Waals surface area contributed by atoms with Gasteiger partial charge in [-0.15, -0.1) is 0 Å². The third-order valence-electron chi connectivity index (χ3n) is 4.27. The number of esters is 1. The van der Waals surface area contributed by atoms with Crippen molar-refractivity contribution in [1.29, 1.82) is 0 Å². The fourth-order valence-electron chi connectivity index (χ4n) is 2.11. The molecule has 124 valence electrons. The zero-order valence-corrected chi connectivity index (χ0v) is 15.0. The van der Waals surface area contributed by atoms with Crippen LogP contribution in [0.1, 0.15) is 43.7 Å². The number of carbonyl (C=O) groups excluding carboxylic acids is 1. The van der Waals surface area contributed by atoms with Crippen molar-refractivity contribution in [3.63, 3.8) is 0 Å². The third kappa shape index (κ3) is 3.79. The number of hydrogen-bond donors (Lipinski definition) is 1. The van der Waals surface area contributed by atoms with Crippen LogP contribution in [0.15, 0.2) is 23.8 Å². The lowest BCUT2D eigenvalue weighted by atomic mass is 9.78. The van der Waals surface area contributed by atoms with E-state index in [0.29, 0.717) is 5.75 Å². The number of carbonyl (C=O) groups is 1. The second-order valence-electron chi connectivity index (χ2n) is 6.43. The Kier molecular flexibility index (Phi) is 5.23. The first-order chi connectivity index (χ1) is 10.7. The first-order valence-corrected chi connectivity index (χ1v) is 8.05. The quantitative estimate of drug-likeness (QED) is 0.521. The highest BCUT2D eigenvalue weighted by Crippen LogP contribution is 2.38. The summed E-state index contributed by atoms with van der Waals surface area (Å²) in [6.07, 6.45) is 3.53. The Balaban J connectivity index is 2.21. The monoisotopic (exact) mass is 335 g/mol. The highest BCUT2D eigenvalue weighted by molar-refractivity contribution is 7.80. The van der Waals surface area contributed by atoms with Gasteiger partial charge in [0.2, 0.25) is 0 Å². The molecule has 0 bridgehead atoms. The van der Waals surface area contributed by atoms with Crippen LogP contribution >= 0.6 is 12.6 Å². The molecule has 0 saturated carbocycles. The summed E-state index contributed by atoms with van der Waals surface area (Å²) >= 11 is 4.38. The second-order valence-corrected chi connectivity index (χ2v) is 6.75. The Bertz CT molecular complexity index is 597. The molecule has 23 heavy (non-hydrogen) atoms. The van der Waals surface area contributed by atoms with Crippen molar-refractivity contribution in [2.75, 3.05) is 12.9 Å². The van der Waals surface area contributed by atoms with E-state index in [1.54, 1.807) is 18.3 Å². The second kappa shape index (κ2) is 6.67. The van der Waals surface area contributed by atoms with E-state index in [-0.39, 0.29) is 5.69 Å². The van der Waals surface area contributed by atoms with Gasteiger partial charge in [0.15, 0.2) is 0 Å². The van der Waals surface area contributed by atoms with Crippen LogP contribution in [-0.4, -0.2) is 42.1 Å². The first kappa shape index (κ1) is 18.0. The summed E-state index contributed by atoms with van der Waals surface area (Å²) in [5, 5.41) is 0. The van der Waals surface area contributed by atoms with Crippen molar-refractivity contribution in [3.05, 3.63) is 35.1 Å². The molecule has 0 aromatic carbocycles. The summed E-state index contributed by atoms with van der Waals surface area (Å²) in [4.78, 5) is 15.5. The molecule has 1 aliphatic rings. The SMILES string of the molecule is COC(=O)c1ccc(C=C(CS)B2OC(C)(C)C(C)(C)O2)cn1. The molecule has 1 aromatic heterocycles. The molecule has 2 rings (SSSR count). The predicted octanol–water partition coefficient (Wildman–Crippen LogP) is 2.81. The van der Waals surface area contributed by atoms with E-state index in [9.17, 15) is 4.79 Å². The van der Waals surface area contributed by atoms with Crippen LogP contribution in [0.3, 0.4) is 0 Å². The van der Waals surface area contributed by atoms with E-state index >= 15 is 0 Å². The predicted molar refractivity (Wildman–Crippen MR) is 93.5 cm³/mol. The molecule has 2 heterocycles. The van der Waals surface area contributed by atoms with Crippen LogP contribution in [0.25, 0.3) is 6.08 Å². The Labute approximate surface area is 143 Å². The van der Waals surface area contributed by atoms with Crippen molar-refractivity contribution >= 4 is 31.8 Å². The number of pyridine rings is 1. The lowest BCUT2D eigenvalue weighted by molar-refractivity contribution is 0.00578. The van der Waals surface area contributed by atoms with Gasteiger partial charge in [0.1, 0.15) is 5.69 Å². The summed E-state index contributed by atoms with van der Waals surface area (Å²) < 4.78 is 16.7. The Hall–Kier alpha value is -1.31. The summed E-state index contributed by atoms with van der Waals surface area (Å²) in [5.74, 6) is 0.0381. The van der Waals surface area contributed by atoms with Crippen molar-refractivity contribution in [1.82, 2.24) is 4.98 Å². The molecule has 0 aliphatic carbocycles. The van der Waals surface area contributed by atoms with Crippen molar-refractivity contribution < 1.29 is 18.8 Å². The number of nitrogens with zero attached hydrogens (tertiary/aromatic N) is 1. The fourth-order valence-corrected chi connectivity index (χ4v) is 2.35. The van der Waals surface area contributed by atoms with E-state index in [4.69, 9.17) is 9.31 Å². The average Bonchev–Trinajstić information content (AvgIpc) is 2.72. The van der Waals surface area contributed by atoms with Gasteiger partial charge in [-0.25, -0.2) is 9.78 Å². The first-order valence-electron chi connectivity index (χ1n) is 7.41. The fraction of sp³-hybridized carbons (Fsp3) is 0.500. The van der Waals surface area contributed by atoms with Gasteiger partial charge in [0.25, 0.3) is 0 Å². The van der Waals surface area contributed by atoms with Crippen LogP contribution in [0, 0.1) is 0 Å². The van der Waals surface area contributed by atoms with Gasteiger partial charge in [0.05, 0.1) is 18.3 Å². The molecule has 7 heteroatoms. The van der Waals surface area contributed by atoms with Gasteiger partial charge >= 0.3 is 13.1 Å². The molecule has 0 radical (unpaired) electrons. The van der Waals surface area contributed by atoms with Crippen LogP contribution in [0.5, 0.6) is 0 Å². The number of hydrogen-bond acceptors (Lipinski definition) is 6. The molecule has 1 aromatic rings. The van der Waals surface area contributed by atoms with E-state index in [2.05, 4.69) is 22.3 Å². The van der Waals surface area contributed by atoms with Crippen LogP contribution in [0.2, 0.25) is 0 Å². The molecule has 1 aliphatic heterocycles. The molecule has 1 fully saturated rings. The van der Waals surface area contributed by atoms with Gasteiger partial charge in [-0.05, 0) is 44.8 Å². The Morgan fingerprint density at radius 3 is 2.35 bits per heavy atom. The van der Waals surface area contributed by atoms with E-state index in [0.717, 1.165) is 11.0 Å². The van der Waals surface area contributed by atoms with Crippen LogP contribution < -0.4 is 0 Å². The lowest BCUT2D eigenvalue weighted by Crippen LogP contribution is -2.41. The van der Waals surface area contributed by atoms with E-state index in [1.165, 1.54) is 7.11 Å². The maximum atomic E-state index is 11.4. The standard InChI is InChI=1S/C16H22BNO4S/c1-15(2)16(3,4)22-17(21-15)12(10-23)8-11-6-7-13(18-9-11)14(19)20-5/h6-9,23H,10H2,1-5H3. The van der Waals surface area contributed by atoms with Gasteiger partial charge < -0.3 is 14.0 Å². The normalized spacial score (nSPS) is 19.7. The smallest absolute Gasteiger partial charge is 0.464 e. The van der Waals surface area contributed by atoms with Crippen molar-refractivity contribution in [2.24, 2.45) is 0 Å². The summed E-state index contributed by atoms with van der Waals surface area (Å²) in [6.45, 7) is 8.04. The molecular weight excluding hydrogens is 313 g/mol. The number of aromatic nitrogens is 1. The Morgan fingerprint density at radius 2 is 1.91 bits per heavy atom. The number of thiol groups is 1. The lowest BCUT2D eigenvalue weighted by Gasteiger charge is -2.32. The minimum Gasteiger partial charge on any atom is -0.464 e. The van der Waals surface area contributed by atoms with Crippen LogP contribution in [0.4, 0.5) is 0 Å². The average molecular weight is 335 g/mol. The molecule has 5 nitrogen and oxygen atoms in total. The molecular formula is C16H22BNO4S. The zero-order chi connectivity index (χ0) is 17.3. The van der Waals surface area contributed by atoms with E-state index in [1.807, 2.05) is 33.8 Å². The van der Waals surface area contributed by atoms with Gasteiger partial charge in [-0.2, -0.15) is 12.6 Å². The number of methoxy groups -OCH3 is 1. The molecule has 0 atom stereocenters. The highest BCUT2D eigenvalue weighted by atomic mass is 32.1. The third-order valence-corrected chi connectivity index (χ3v) is 4.64. The summed E-state index contributed by atoms with van der Waals surface area (Å²) in [7, 11) is 0.882. The molecule has 0 N–H and O–H groups in total. The van der Waals surface area contributed by atoms with Crippen LogP contribution in [-0.2, 0) is 14.0 Å². The molecule has 0 spiro atoms. The minimum atomic E-state index is -0.457. The number of rotatable bonds is 4. The Morgan fingerprint density at radius 1 is 1.30 bits per heavy atom. The summed E-state index contributed by atoms with van der Waals surface area (Å²) in [6, 6.07) is 3.42. The largest absolute Gasteiger partial charge is 0.491 e. The van der Waals surface area contributed by atoms with Gasteiger partial charge in [0, 0.05) is 11.9 Å². The molecule has 1 saturated heterocycles. The van der Waals surface area contributed by atoms with Gasteiger partial charge in [-0.1, -0.05) is 12.1 Å². The maximum Gasteiger partial charge on any atom is 0.491 e. The topological polar surface area (TPSA) is 57.7 Å². The van der Waals surface area contributed by atoms with Crippen molar-refractivity contribution in [3.8, 4) is 0 Å². The van der Waals surface area contributed by atoms with Crippen molar-refractivity contribution in [2.45, 2.75) is 38.9 Å². The molecule has 0 unspecified atom stereocenters. The zero-order valence-electron chi connectivity index (χ0n) is 14.1. The highest BCUT2D eigenvalue weighted by Gasteiger charge is 2.52.